The van der Waals surface area contributed by atoms with E-state index < -0.39 is 134 Å². The predicted octanol–water partition coefficient (Wildman–Crippen LogP) is -0.0854. The van der Waals surface area contributed by atoms with Gasteiger partial charge in [-0.05, 0) is 64.3 Å². The zero-order valence-corrected chi connectivity index (χ0v) is 58.1. The molecule has 0 spiro atoms. The molecular weight excluding hydrogens is 1410 g/mol. The molecule has 2 aromatic carbocycles. The van der Waals surface area contributed by atoms with Gasteiger partial charge in [-0.2, -0.15) is 8.42 Å². The van der Waals surface area contributed by atoms with Gasteiger partial charge < -0.3 is 89.1 Å². The largest absolute Gasteiger partial charge is 0.466 e. The fourth-order valence-corrected chi connectivity index (χ4v) is 8.01. The smallest absolute Gasteiger partial charge is 0.367 e. The molecule has 0 aliphatic rings. The molecule has 31 nitrogen and oxygen atoms in total. The third-order valence-corrected chi connectivity index (χ3v) is 12.4. The minimum absolute atomic E-state index is 0. The molecule has 0 saturated carbocycles. The first-order valence-corrected chi connectivity index (χ1v) is 30.9. The standard InChI is InChI=1S/C51H72IN11O19S.C6H13O.Y/c1-6-80-23-22-54-46(71)36(60-41(66)24-32(2)82-31-51(3,4)63-48(73)38(30-83(76,77)78)62-50(75)55-21-20-53-39(64)18-19-45(70)79-5)16-17-40(65)56-26-42(67)57-27-44(69)61-37(25-33-10-8-7-9-11-33)47(72)58-28-43(68)59-35-14-12-34(13-15-35)29-81-49(52)74;1-5-7-6(2,3)4;/h7-15,18-19,32,36-38H,6,16-17,20-31H2,1-5H3,(H,53,64)(H,54,71)(H,56,65)(H,57,67)(H,58,72)(H,59,68)(H,60,66)(H,61,69)(H,63,73)(H2,55,62,75)(H,76,77,78);2,5H2,1,3-4H3;/q;-1;/b19-18-;;/t32?,36?,37-,38?;;/m0../s1. The molecular formula is C57H85IN11O20SY-. The van der Waals surface area contributed by atoms with E-state index in [-0.39, 0.29) is 103 Å². The Labute approximate surface area is 568 Å². The van der Waals surface area contributed by atoms with Gasteiger partial charge >= 0.3 is 16.0 Å². The van der Waals surface area contributed by atoms with E-state index in [9.17, 15) is 70.5 Å². The molecule has 2 rings (SSSR count). The van der Waals surface area contributed by atoms with Crippen LogP contribution in [0.25, 0.3) is 0 Å². The number of rotatable bonds is 39. The molecule has 0 aliphatic carbocycles. The van der Waals surface area contributed by atoms with Crippen molar-refractivity contribution in [3.63, 3.8) is 0 Å². The van der Waals surface area contributed by atoms with Crippen LogP contribution in [0.1, 0.15) is 78.9 Å². The number of hydrogen-bond donors (Lipinski definition) is 12. The van der Waals surface area contributed by atoms with Crippen LogP contribution in [0.4, 0.5) is 15.3 Å². The van der Waals surface area contributed by atoms with Crippen molar-refractivity contribution in [1.82, 2.24) is 53.2 Å². The Morgan fingerprint density at radius 2 is 1.27 bits per heavy atom. The van der Waals surface area contributed by atoms with Crippen LogP contribution in [0.5, 0.6) is 0 Å². The number of anilines is 1. The SMILES string of the molecule is CCOCCNC(=O)C(CCC(=O)NCC(=O)NCC(=O)N[C@@H](Cc1ccccc1)C(=O)NCC(=O)Nc1ccc(COC(=O)I)cc1)NC(=O)CC(C)OCC(C)(C)NC(=O)C(CS(=O)(=O)O)NC(=O)NCCNC(=O)/C=C\C(=O)OC.[CH2-]C(C)(C)OCC.[Y]. The molecule has 0 fully saturated rings. The second kappa shape index (κ2) is 45.5. The van der Waals surface area contributed by atoms with Crippen LogP contribution in [-0.2, 0) is 127 Å². The molecule has 1 radical (unpaired) electrons. The second-order valence-electron chi connectivity index (χ2n) is 20.7. The monoisotopic (exact) mass is 1490 g/mol. The summed E-state index contributed by atoms with van der Waals surface area (Å²) in [6.45, 7) is 14.9. The van der Waals surface area contributed by atoms with Crippen molar-refractivity contribution in [2.24, 2.45) is 0 Å². The van der Waals surface area contributed by atoms with Gasteiger partial charge in [0.15, 0.2) is 0 Å². The third-order valence-electron chi connectivity index (χ3n) is 11.4. The molecule has 3 unspecified atom stereocenters. The van der Waals surface area contributed by atoms with Gasteiger partial charge in [-0.25, -0.2) is 14.4 Å². The van der Waals surface area contributed by atoms with Crippen LogP contribution in [0.2, 0.25) is 0 Å². The van der Waals surface area contributed by atoms with E-state index >= 15 is 0 Å². The minimum atomic E-state index is -4.82. The van der Waals surface area contributed by atoms with Gasteiger partial charge in [-0.3, -0.25) is 47.7 Å². The molecule has 0 heterocycles. The minimum Gasteiger partial charge on any atom is -0.466 e. The van der Waals surface area contributed by atoms with Crippen molar-refractivity contribution < 1.29 is 127 Å². The molecule has 505 valence electrons. The first-order chi connectivity index (χ1) is 42.2. The van der Waals surface area contributed by atoms with Crippen LogP contribution >= 0.6 is 22.6 Å². The maximum Gasteiger partial charge on any atom is 0.367 e. The second-order valence-corrected chi connectivity index (χ2v) is 23.1. The molecule has 0 saturated heterocycles. The van der Waals surface area contributed by atoms with Gasteiger partial charge in [0.05, 0.1) is 80.6 Å². The summed E-state index contributed by atoms with van der Waals surface area (Å²) in [5.74, 6) is -8.59. The number of benzene rings is 2. The summed E-state index contributed by atoms with van der Waals surface area (Å²) in [5, 5.41) is 26.9. The normalized spacial score (nSPS) is 12.4. The molecule has 2 aromatic rings. The zero-order chi connectivity index (χ0) is 67.9. The summed E-state index contributed by atoms with van der Waals surface area (Å²) in [6, 6.07) is 9.87. The zero-order valence-electron chi connectivity index (χ0n) is 52.2. The van der Waals surface area contributed by atoms with Crippen LogP contribution in [0.15, 0.2) is 66.7 Å². The van der Waals surface area contributed by atoms with Gasteiger partial charge in [0.25, 0.3) is 10.1 Å². The van der Waals surface area contributed by atoms with Crippen molar-refractivity contribution in [2.45, 2.75) is 116 Å². The summed E-state index contributed by atoms with van der Waals surface area (Å²) >= 11 is 1.50. The average molecular weight is 1490 g/mol. The number of esters is 1. The van der Waals surface area contributed by atoms with E-state index in [4.69, 9.17) is 18.9 Å². The van der Waals surface area contributed by atoms with Crippen LogP contribution in [-0.4, -0.2) is 196 Å². The number of hydrogen-bond acceptors (Lipinski definition) is 19. The molecule has 4 atom stereocenters. The molecule has 0 bridgehead atoms. The average Bonchev–Trinajstić information content (AvgIpc) is 2.97. The number of halogens is 1. The van der Waals surface area contributed by atoms with E-state index in [2.05, 4.69) is 70.1 Å². The fraction of sp³-hybridized carbons (Fsp3) is 0.526. The topological polar surface area (TPSA) is 438 Å². The van der Waals surface area contributed by atoms with Crippen LogP contribution in [0.3, 0.4) is 0 Å². The quantitative estimate of drug-likeness (QED) is 0.00792. The predicted molar refractivity (Wildman–Crippen MR) is 335 cm³/mol. The Morgan fingerprint density at radius 1 is 0.670 bits per heavy atom. The van der Waals surface area contributed by atoms with Crippen molar-refractivity contribution in [2.75, 3.05) is 83.9 Å². The Hall–Kier alpha value is -6.76. The molecule has 91 heavy (non-hydrogen) atoms. The van der Waals surface area contributed by atoms with Crippen LogP contribution in [0, 0.1) is 6.92 Å². The van der Waals surface area contributed by atoms with Gasteiger partial charge in [-0.15, -0.1) is 0 Å². The summed E-state index contributed by atoms with van der Waals surface area (Å²) in [5.41, 5.74) is 0.295. The van der Waals surface area contributed by atoms with Crippen molar-refractivity contribution in [3.8, 4) is 0 Å². The van der Waals surface area contributed by atoms with Crippen molar-refractivity contribution in [3.05, 3.63) is 84.8 Å². The fourth-order valence-electron chi connectivity index (χ4n) is 7.20. The first-order valence-electron chi connectivity index (χ1n) is 28.2. The third kappa shape index (κ3) is 43.6. The first kappa shape index (κ1) is 84.2. The Balaban J connectivity index is 0.00000951. The summed E-state index contributed by atoms with van der Waals surface area (Å²) in [7, 11) is -3.70. The number of nitrogens with one attached hydrogen (secondary N) is 11. The Morgan fingerprint density at radius 3 is 1.87 bits per heavy atom. The van der Waals surface area contributed by atoms with E-state index in [1.807, 2.05) is 20.8 Å². The molecule has 12 N–H and O–H groups in total. The number of methoxy groups -OCH3 is 1. The van der Waals surface area contributed by atoms with Crippen molar-refractivity contribution in [1.29, 1.82) is 0 Å². The Kier molecular flexibility index (Phi) is 42.1. The number of carbonyl (C=O) groups is 12. The maximum atomic E-state index is 13.3. The number of urea groups is 1. The van der Waals surface area contributed by atoms with E-state index in [1.54, 1.807) is 61.5 Å². The van der Waals surface area contributed by atoms with E-state index in [0.29, 0.717) is 23.4 Å². The van der Waals surface area contributed by atoms with Crippen molar-refractivity contribution >= 4 is 108 Å². The summed E-state index contributed by atoms with van der Waals surface area (Å²) in [4.78, 5) is 151. The van der Waals surface area contributed by atoms with E-state index in [0.717, 1.165) is 25.9 Å². The summed E-state index contributed by atoms with van der Waals surface area (Å²) < 4.78 is 58.0. The Bertz CT molecular complexity index is 2830. The molecule has 11 amide bonds. The number of amides is 11. The molecule has 0 aliphatic heterocycles. The van der Waals surface area contributed by atoms with Gasteiger partial charge in [0.1, 0.15) is 30.5 Å². The maximum absolute atomic E-state index is 13.3. The number of carbonyl (C=O) groups excluding carboxylic acids is 12. The van der Waals surface area contributed by atoms with Gasteiger partial charge in [0.2, 0.25) is 53.2 Å². The van der Waals surface area contributed by atoms with Gasteiger partial charge in [-0.1, -0.05) is 61.9 Å². The summed E-state index contributed by atoms with van der Waals surface area (Å²) in [6.07, 6.45) is -0.0126. The van der Waals surface area contributed by atoms with E-state index in [1.165, 1.54) is 43.4 Å². The van der Waals surface area contributed by atoms with Gasteiger partial charge in [0, 0.05) is 96.2 Å². The van der Waals surface area contributed by atoms with Crippen LogP contribution < -0.4 is 58.5 Å². The molecule has 34 heteroatoms. The number of ether oxygens (including phenoxy) is 5. The molecule has 0 aromatic heterocycles.